The third-order valence-corrected chi connectivity index (χ3v) is 5.37. The standard InChI is InChI=1S/C22H31FN2O3/c1-22(2,3)28-21(27)25-14-8-9-16(15-25)20(26)17-10-7-11-18(23)19(17)24-12-5-4-6-13-24/h7,10-11,16H,4-6,8-9,12-15H2,1-3H3/t16-/m1/s1. The molecule has 1 aromatic rings. The Balaban J connectivity index is 1.78. The van der Waals surface area contributed by atoms with Crippen LogP contribution in [0.2, 0.25) is 0 Å². The first-order chi connectivity index (χ1) is 13.3. The van der Waals surface area contributed by atoms with Crippen LogP contribution in [0.1, 0.15) is 63.2 Å². The SMILES string of the molecule is CC(C)(C)OC(=O)N1CCC[C@@H](C(=O)c2cccc(F)c2N2CCCCC2)C1. The number of para-hydroxylation sites is 1. The fourth-order valence-electron chi connectivity index (χ4n) is 4.06. The smallest absolute Gasteiger partial charge is 0.410 e. The number of amides is 1. The van der Waals surface area contributed by atoms with Crippen LogP contribution in [0.25, 0.3) is 0 Å². The zero-order chi connectivity index (χ0) is 20.3. The van der Waals surface area contributed by atoms with Gasteiger partial charge in [0.15, 0.2) is 5.78 Å². The molecule has 3 rings (SSSR count). The van der Waals surface area contributed by atoms with Crippen molar-refractivity contribution in [2.24, 2.45) is 5.92 Å². The van der Waals surface area contributed by atoms with Gasteiger partial charge in [-0.05, 0) is 65.0 Å². The lowest BCUT2D eigenvalue weighted by atomic mass is 9.89. The van der Waals surface area contributed by atoms with Crippen LogP contribution in [0.3, 0.4) is 0 Å². The van der Waals surface area contributed by atoms with Gasteiger partial charge in [0.25, 0.3) is 0 Å². The van der Waals surface area contributed by atoms with Gasteiger partial charge in [-0.2, -0.15) is 0 Å². The molecule has 6 heteroatoms. The summed E-state index contributed by atoms with van der Waals surface area (Å²) in [6, 6.07) is 4.75. The van der Waals surface area contributed by atoms with E-state index >= 15 is 0 Å². The summed E-state index contributed by atoms with van der Waals surface area (Å²) < 4.78 is 20.1. The average Bonchev–Trinajstić information content (AvgIpc) is 2.66. The number of Topliss-reactive ketones (excluding diaryl/α,β-unsaturated/α-hetero) is 1. The van der Waals surface area contributed by atoms with Gasteiger partial charge in [-0.15, -0.1) is 0 Å². The first kappa shape index (κ1) is 20.6. The highest BCUT2D eigenvalue weighted by molar-refractivity contribution is 6.03. The predicted molar refractivity (Wildman–Crippen MR) is 107 cm³/mol. The molecule has 0 bridgehead atoms. The van der Waals surface area contributed by atoms with E-state index in [0.29, 0.717) is 30.8 Å². The van der Waals surface area contributed by atoms with E-state index in [-0.39, 0.29) is 23.6 Å². The predicted octanol–water partition coefficient (Wildman–Crippen LogP) is 4.65. The minimum absolute atomic E-state index is 0.0756. The van der Waals surface area contributed by atoms with Gasteiger partial charge >= 0.3 is 6.09 Å². The Kier molecular flexibility index (Phi) is 6.26. The maximum atomic E-state index is 14.7. The summed E-state index contributed by atoms with van der Waals surface area (Å²) in [5, 5.41) is 0. The lowest BCUT2D eigenvalue weighted by Gasteiger charge is -2.35. The molecule has 0 aromatic heterocycles. The molecule has 0 N–H and O–H groups in total. The van der Waals surface area contributed by atoms with Crippen molar-refractivity contribution >= 4 is 17.6 Å². The van der Waals surface area contributed by atoms with E-state index in [2.05, 4.69) is 0 Å². The van der Waals surface area contributed by atoms with Crippen LogP contribution in [-0.4, -0.2) is 48.6 Å². The molecule has 5 nitrogen and oxygen atoms in total. The molecule has 154 valence electrons. The van der Waals surface area contributed by atoms with E-state index in [0.717, 1.165) is 38.8 Å². The summed E-state index contributed by atoms with van der Waals surface area (Å²) in [5.74, 6) is -0.743. The van der Waals surface area contributed by atoms with Gasteiger partial charge in [-0.25, -0.2) is 9.18 Å². The monoisotopic (exact) mass is 390 g/mol. The van der Waals surface area contributed by atoms with Gasteiger partial charge in [0, 0.05) is 37.7 Å². The van der Waals surface area contributed by atoms with Gasteiger partial charge in [0.05, 0.1) is 5.69 Å². The largest absolute Gasteiger partial charge is 0.444 e. The Bertz CT molecular complexity index is 723. The summed E-state index contributed by atoms with van der Waals surface area (Å²) >= 11 is 0. The van der Waals surface area contributed by atoms with Crippen molar-refractivity contribution < 1.29 is 18.7 Å². The van der Waals surface area contributed by atoms with Gasteiger partial charge < -0.3 is 14.5 Å². The molecule has 0 spiro atoms. The van der Waals surface area contributed by atoms with Crippen molar-refractivity contribution in [3.05, 3.63) is 29.6 Å². The van der Waals surface area contributed by atoms with Gasteiger partial charge in [-0.1, -0.05) is 6.07 Å². The second-order valence-electron chi connectivity index (χ2n) is 8.81. The summed E-state index contributed by atoms with van der Waals surface area (Å²) in [6.07, 6.45) is 4.22. The number of anilines is 1. The number of benzene rings is 1. The molecule has 2 fully saturated rings. The lowest BCUT2D eigenvalue weighted by Crippen LogP contribution is -2.45. The summed E-state index contributed by atoms with van der Waals surface area (Å²) in [5.41, 5.74) is 0.303. The molecule has 2 aliphatic rings. The Morgan fingerprint density at radius 2 is 1.79 bits per heavy atom. The minimum Gasteiger partial charge on any atom is -0.444 e. The topological polar surface area (TPSA) is 49.9 Å². The number of nitrogens with zero attached hydrogens (tertiary/aromatic N) is 2. The number of likely N-dealkylation sites (tertiary alicyclic amines) is 1. The first-order valence-corrected chi connectivity index (χ1v) is 10.3. The number of hydrogen-bond acceptors (Lipinski definition) is 4. The van der Waals surface area contributed by atoms with E-state index in [9.17, 15) is 14.0 Å². The fraction of sp³-hybridized carbons (Fsp3) is 0.636. The number of rotatable bonds is 3. The Morgan fingerprint density at radius 3 is 2.46 bits per heavy atom. The van der Waals surface area contributed by atoms with Crippen molar-refractivity contribution in [2.45, 2.75) is 58.5 Å². The van der Waals surface area contributed by atoms with Crippen LogP contribution >= 0.6 is 0 Å². The van der Waals surface area contributed by atoms with Crippen LogP contribution in [0, 0.1) is 11.7 Å². The summed E-state index contributed by atoms with van der Waals surface area (Å²) in [4.78, 5) is 29.3. The van der Waals surface area contributed by atoms with Gasteiger partial charge in [0.1, 0.15) is 11.4 Å². The van der Waals surface area contributed by atoms with Crippen LogP contribution in [0.5, 0.6) is 0 Å². The van der Waals surface area contributed by atoms with Crippen LogP contribution in [0.4, 0.5) is 14.9 Å². The molecule has 0 aliphatic carbocycles. The van der Waals surface area contributed by atoms with Crippen molar-refractivity contribution in [1.82, 2.24) is 4.90 Å². The normalized spacial score (nSPS) is 20.8. The number of halogens is 1. The quantitative estimate of drug-likeness (QED) is 0.705. The minimum atomic E-state index is -0.571. The number of ether oxygens (including phenoxy) is 1. The number of ketones is 1. The van der Waals surface area contributed by atoms with E-state index < -0.39 is 5.60 Å². The molecule has 2 heterocycles. The Hall–Kier alpha value is -2.11. The summed E-state index contributed by atoms with van der Waals surface area (Å²) in [6.45, 7) is 7.94. The molecular weight excluding hydrogens is 359 g/mol. The molecule has 28 heavy (non-hydrogen) atoms. The molecular formula is C22H31FN2O3. The maximum absolute atomic E-state index is 14.7. The Morgan fingerprint density at radius 1 is 1.07 bits per heavy atom. The highest BCUT2D eigenvalue weighted by Gasteiger charge is 2.33. The number of carbonyl (C=O) groups is 2. The van der Waals surface area contributed by atoms with E-state index in [1.54, 1.807) is 17.0 Å². The number of piperidine rings is 2. The molecule has 0 radical (unpaired) electrons. The van der Waals surface area contributed by atoms with Crippen molar-refractivity contribution in [1.29, 1.82) is 0 Å². The molecule has 0 saturated carbocycles. The highest BCUT2D eigenvalue weighted by atomic mass is 19.1. The average molecular weight is 390 g/mol. The van der Waals surface area contributed by atoms with E-state index in [1.165, 1.54) is 6.07 Å². The zero-order valence-electron chi connectivity index (χ0n) is 17.2. The molecule has 2 saturated heterocycles. The highest BCUT2D eigenvalue weighted by Crippen LogP contribution is 2.31. The van der Waals surface area contributed by atoms with Crippen molar-refractivity contribution in [2.75, 3.05) is 31.1 Å². The van der Waals surface area contributed by atoms with Crippen LogP contribution in [0.15, 0.2) is 18.2 Å². The fourth-order valence-corrected chi connectivity index (χ4v) is 4.06. The third-order valence-electron chi connectivity index (χ3n) is 5.37. The van der Waals surface area contributed by atoms with E-state index in [1.807, 2.05) is 25.7 Å². The Labute approximate surface area is 166 Å². The van der Waals surface area contributed by atoms with Crippen molar-refractivity contribution in [3.63, 3.8) is 0 Å². The molecule has 1 aromatic carbocycles. The summed E-state index contributed by atoms with van der Waals surface area (Å²) in [7, 11) is 0. The molecule has 2 aliphatic heterocycles. The van der Waals surface area contributed by atoms with Gasteiger partial charge in [-0.3, -0.25) is 4.79 Å². The van der Waals surface area contributed by atoms with Crippen LogP contribution < -0.4 is 4.90 Å². The molecule has 0 unspecified atom stereocenters. The number of hydrogen-bond donors (Lipinski definition) is 0. The number of carbonyl (C=O) groups excluding carboxylic acids is 2. The third kappa shape index (κ3) is 4.83. The first-order valence-electron chi connectivity index (χ1n) is 10.3. The van der Waals surface area contributed by atoms with Crippen LogP contribution in [-0.2, 0) is 4.74 Å². The maximum Gasteiger partial charge on any atom is 0.410 e. The van der Waals surface area contributed by atoms with Gasteiger partial charge in [0.2, 0.25) is 0 Å². The second kappa shape index (κ2) is 8.50. The van der Waals surface area contributed by atoms with E-state index in [4.69, 9.17) is 4.74 Å². The second-order valence-corrected chi connectivity index (χ2v) is 8.81. The van der Waals surface area contributed by atoms with Crippen molar-refractivity contribution in [3.8, 4) is 0 Å². The molecule has 1 atom stereocenters. The zero-order valence-corrected chi connectivity index (χ0v) is 17.2. The molecule has 1 amide bonds. The lowest BCUT2D eigenvalue weighted by molar-refractivity contribution is 0.0172.